The summed E-state index contributed by atoms with van der Waals surface area (Å²) in [6.45, 7) is 1.30. The summed E-state index contributed by atoms with van der Waals surface area (Å²) in [5.74, 6) is -2.82. The summed E-state index contributed by atoms with van der Waals surface area (Å²) < 4.78 is 0. The minimum atomic E-state index is -1.05. The van der Waals surface area contributed by atoms with Crippen LogP contribution in [0.25, 0.3) is 0 Å². The quantitative estimate of drug-likeness (QED) is 0.845. The number of imide groups is 1. The van der Waals surface area contributed by atoms with E-state index in [1.807, 2.05) is 0 Å². The number of amides is 2. The van der Waals surface area contributed by atoms with Crippen molar-refractivity contribution in [2.75, 3.05) is 6.54 Å². The van der Waals surface area contributed by atoms with Gasteiger partial charge in [0.05, 0.1) is 17.0 Å². The van der Waals surface area contributed by atoms with Crippen LogP contribution in [0.4, 0.5) is 0 Å². The third-order valence-electron chi connectivity index (χ3n) is 2.81. The van der Waals surface area contributed by atoms with Crippen LogP contribution in [0.15, 0.2) is 18.2 Å². The lowest BCUT2D eigenvalue weighted by atomic mass is 10.1. The van der Waals surface area contributed by atoms with Gasteiger partial charge in [-0.3, -0.25) is 19.3 Å². The fourth-order valence-corrected chi connectivity index (χ4v) is 1.95. The highest BCUT2D eigenvalue weighted by Crippen LogP contribution is 2.26. The van der Waals surface area contributed by atoms with Crippen LogP contribution < -0.4 is 0 Å². The summed E-state index contributed by atoms with van der Waals surface area (Å²) in [5, 5.41) is 9.17. The average molecular weight is 268 g/mol. The van der Waals surface area contributed by atoms with Crippen molar-refractivity contribution in [2.24, 2.45) is 5.92 Å². The number of carbonyl (C=O) groups excluding carboxylic acids is 2. The number of hydrogen-bond donors (Lipinski definition) is 1. The monoisotopic (exact) mass is 267 g/mol. The van der Waals surface area contributed by atoms with Crippen LogP contribution in [0.1, 0.15) is 27.6 Å². The van der Waals surface area contributed by atoms with Gasteiger partial charge < -0.3 is 5.11 Å². The lowest BCUT2D eigenvalue weighted by molar-refractivity contribution is -0.141. The highest BCUT2D eigenvalue weighted by molar-refractivity contribution is 6.32. The van der Waals surface area contributed by atoms with Crippen LogP contribution in [-0.2, 0) is 4.79 Å². The van der Waals surface area contributed by atoms with Gasteiger partial charge in [0.25, 0.3) is 11.8 Å². The first-order valence-corrected chi connectivity index (χ1v) is 5.68. The van der Waals surface area contributed by atoms with E-state index in [2.05, 4.69) is 0 Å². The van der Waals surface area contributed by atoms with Crippen LogP contribution in [0.2, 0.25) is 5.02 Å². The first-order valence-electron chi connectivity index (χ1n) is 5.30. The van der Waals surface area contributed by atoms with Crippen molar-refractivity contribution in [2.45, 2.75) is 6.92 Å². The molecular weight excluding hydrogens is 258 g/mol. The van der Waals surface area contributed by atoms with Gasteiger partial charge in [-0.1, -0.05) is 18.5 Å². The van der Waals surface area contributed by atoms with Gasteiger partial charge in [0.2, 0.25) is 0 Å². The van der Waals surface area contributed by atoms with Crippen LogP contribution in [0.3, 0.4) is 0 Å². The van der Waals surface area contributed by atoms with Crippen molar-refractivity contribution < 1.29 is 19.5 Å². The maximum atomic E-state index is 12.0. The van der Waals surface area contributed by atoms with Crippen molar-refractivity contribution in [1.82, 2.24) is 4.90 Å². The van der Waals surface area contributed by atoms with E-state index in [-0.39, 0.29) is 17.7 Å². The number of carboxylic acid groups (broad SMARTS) is 1. The predicted molar refractivity (Wildman–Crippen MR) is 63.6 cm³/mol. The second-order valence-electron chi connectivity index (χ2n) is 4.15. The molecule has 1 aliphatic heterocycles. The number of carbonyl (C=O) groups is 3. The summed E-state index contributed by atoms with van der Waals surface area (Å²) in [6.07, 6.45) is 0. The Balaban J connectivity index is 2.31. The van der Waals surface area contributed by atoms with E-state index in [1.54, 1.807) is 0 Å². The Hall–Kier alpha value is -1.88. The second-order valence-corrected chi connectivity index (χ2v) is 4.59. The second kappa shape index (κ2) is 4.42. The Morgan fingerprint density at radius 2 is 1.94 bits per heavy atom. The van der Waals surface area contributed by atoms with Crippen LogP contribution in [0, 0.1) is 5.92 Å². The summed E-state index contributed by atoms with van der Waals surface area (Å²) in [6, 6.07) is 4.42. The molecule has 0 saturated carbocycles. The summed E-state index contributed by atoms with van der Waals surface area (Å²) in [4.78, 5) is 35.6. The Bertz CT molecular complexity index is 555. The molecule has 6 heteroatoms. The molecule has 2 rings (SSSR count). The molecule has 1 aliphatic rings. The van der Waals surface area contributed by atoms with Crippen molar-refractivity contribution in [3.8, 4) is 0 Å². The Morgan fingerprint density at radius 3 is 2.56 bits per heavy atom. The molecule has 0 radical (unpaired) electrons. The van der Waals surface area contributed by atoms with Gasteiger partial charge in [0.15, 0.2) is 0 Å². The van der Waals surface area contributed by atoms with Crippen molar-refractivity contribution in [3.63, 3.8) is 0 Å². The lowest BCUT2D eigenvalue weighted by Gasteiger charge is -2.16. The maximum Gasteiger partial charge on any atom is 0.308 e. The molecule has 1 aromatic rings. The van der Waals surface area contributed by atoms with Crippen LogP contribution in [0.5, 0.6) is 0 Å². The van der Waals surface area contributed by atoms with Crippen molar-refractivity contribution >= 4 is 29.4 Å². The number of hydrogen-bond acceptors (Lipinski definition) is 3. The third kappa shape index (κ3) is 1.97. The number of rotatable bonds is 3. The SMILES string of the molecule is CC(CN1C(=O)c2ccc(Cl)cc2C1=O)C(=O)O. The average Bonchev–Trinajstić information content (AvgIpc) is 2.54. The number of nitrogens with zero attached hydrogens (tertiary/aromatic N) is 1. The number of benzene rings is 1. The smallest absolute Gasteiger partial charge is 0.308 e. The van der Waals surface area contributed by atoms with Crippen molar-refractivity contribution in [1.29, 1.82) is 0 Å². The summed E-state index contributed by atoms with van der Waals surface area (Å²) in [7, 11) is 0. The first kappa shape index (κ1) is 12.6. The van der Waals surface area contributed by atoms with Gasteiger partial charge in [-0.25, -0.2) is 0 Å². The Labute approximate surface area is 108 Å². The van der Waals surface area contributed by atoms with Gasteiger partial charge in [0, 0.05) is 11.6 Å². The minimum Gasteiger partial charge on any atom is -0.481 e. The standard InChI is InChI=1S/C12H10ClNO4/c1-6(12(17)18)5-14-10(15)8-3-2-7(13)4-9(8)11(14)16/h2-4,6H,5H2,1H3,(H,17,18). The lowest BCUT2D eigenvalue weighted by Crippen LogP contribution is -2.36. The van der Waals surface area contributed by atoms with E-state index in [0.717, 1.165) is 4.90 Å². The zero-order valence-electron chi connectivity index (χ0n) is 9.51. The zero-order chi connectivity index (χ0) is 13.4. The van der Waals surface area contributed by atoms with E-state index >= 15 is 0 Å². The van der Waals surface area contributed by atoms with Crippen molar-refractivity contribution in [3.05, 3.63) is 34.3 Å². The van der Waals surface area contributed by atoms with E-state index < -0.39 is 23.7 Å². The fraction of sp³-hybridized carbons (Fsp3) is 0.250. The fourth-order valence-electron chi connectivity index (χ4n) is 1.78. The maximum absolute atomic E-state index is 12.0. The largest absolute Gasteiger partial charge is 0.481 e. The van der Waals surface area contributed by atoms with Gasteiger partial charge >= 0.3 is 5.97 Å². The van der Waals surface area contributed by atoms with Crippen LogP contribution >= 0.6 is 11.6 Å². The molecule has 0 aromatic heterocycles. The predicted octanol–water partition coefficient (Wildman–Crippen LogP) is 1.66. The topological polar surface area (TPSA) is 74.7 Å². The number of carboxylic acids is 1. The van der Waals surface area contributed by atoms with E-state index in [0.29, 0.717) is 5.02 Å². The number of aliphatic carboxylic acids is 1. The molecule has 1 heterocycles. The Kier molecular flexibility index (Phi) is 3.09. The molecule has 0 saturated heterocycles. The molecule has 1 atom stereocenters. The molecule has 18 heavy (non-hydrogen) atoms. The van der Waals surface area contributed by atoms with Gasteiger partial charge in [-0.15, -0.1) is 0 Å². The highest BCUT2D eigenvalue weighted by Gasteiger charge is 2.37. The van der Waals surface area contributed by atoms with E-state index in [4.69, 9.17) is 16.7 Å². The zero-order valence-corrected chi connectivity index (χ0v) is 10.3. The summed E-state index contributed by atoms with van der Waals surface area (Å²) in [5.41, 5.74) is 0.493. The molecule has 0 spiro atoms. The van der Waals surface area contributed by atoms with E-state index in [1.165, 1.54) is 25.1 Å². The molecule has 2 amide bonds. The molecule has 94 valence electrons. The Morgan fingerprint density at radius 1 is 1.33 bits per heavy atom. The minimum absolute atomic E-state index is 0.140. The number of fused-ring (bicyclic) bond motifs is 1. The third-order valence-corrected chi connectivity index (χ3v) is 3.05. The summed E-state index contributed by atoms with van der Waals surface area (Å²) >= 11 is 5.76. The molecular formula is C12H10ClNO4. The molecule has 1 N–H and O–H groups in total. The van der Waals surface area contributed by atoms with Gasteiger partial charge in [-0.2, -0.15) is 0 Å². The highest BCUT2D eigenvalue weighted by atomic mass is 35.5. The van der Waals surface area contributed by atoms with Gasteiger partial charge in [0.1, 0.15) is 0 Å². The van der Waals surface area contributed by atoms with Crippen LogP contribution in [-0.4, -0.2) is 34.3 Å². The number of halogens is 1. The molecule has 0 aliphatic carbocycles. The molecule has 1 unspecified atom stereocenters. The molecule has 5 nitrogen and oxygen atoms in total. The normalized spacial score (nSPS) is 15.8. The van der Waals surface area contributed by atoms with Gasteiger partial charge in [-0.05, 0) is 18.2 Å². The van der Waals surface area contributed by atoms with E-state index in [9.17, 15) is 14.4 Å². The molecule has 0 fully saturated rings. The molecule has 0 bridgehead atoms. The molecule has 1 aromatic carbocycles. The first-order chi connectivity index (χ1) is 8.41.